The molecule has 2 nitrogen and oxygen atoms in total. The SMILES string of the molecule is CCCCCC(CC)NC(=O)CCC. The van der Waals surface area contributed by atoms with Gasteiger partial charge in [-0.05, 0) is 19.3 Å². The zero-order valence-electron chi connectivity index (χ0n) is 9.94. The smallest absolute Gasteiger partial charge is 0.220 e. The summed E-state index contributed by atoms with van der Waals surface area (Å²) in [5.74, 6) is 0.218. The van der Waals surface area contributed by atoms with Crippen molar-refractivity contribution in [2.24, 2.45) is 0 Å². The minimum Gasteiger partial charge on any atom is -0.353 e. The van der Waals surface area contributed by atoms with Crippen LogP contribution in [0.4, 0.5) is 0 Å². The fraction of sp³-hybridized carbons (Fsp3) is 0.917. The molecule has 0 aliphatic rings. The van der Waals surface area contributed by atoms with Gasteiger partial charge in [0.1, 0.15) is 0 Å². The third kappa shape index (κ3) is 6.93. The van der Waals surface area contributed by atoms with E-state index < -0.39 is 0 Å². The zero-order chi connectivity index (χ0) is 10.8. The number of hydrogen-bond acceptors (Lipinski definition) is 1. The maximum Gasteiger partial charge on any atom is 0.220 e. The van der Waals surface area contributed by atoms with Gasteiger partial charge < -0.3 is 5.32 Å². The van der Waals surface area contributed by atoms with Crippen LogP contribution in [0.1, 0.15) is 65.7 Å². The van der Waals surface area contributed by atoms with Gasteiger partial charge in [-0.2, -0.15) is 0 Å². The van der Waals surface area contributed by atoms with Gasteiger partial charge in [0.25, 0.3) is 0 Å². The Bertz CT molecular complexity index is 145. The minimum atomic E-state index is 0.218. The Morgan fingerprint density at radius 3 is 2.36 bits per heavy atom. The number of rotatable bonds is 8. The van der Waals surface area contributed by atoms with Crippen molar-refractivity contribution < 1.29 is 4.79 Å². The first-order chi connectivity index (χ1) is 6.74. The molecule has 0 heterocycles. The molecular weight excluding hydrogens is 174 g/mol. The van der Waals surface area contributed by atoms with E-state index >= 15 is 0 Å². The highest BCUT2D eigenvalue weighted by atomic mass is 16.1. The van der Waals surface area contributed by atoms with E-state index in [9.17, 15) is 4.79 Å². The van der Waals surface area contributed by atoms with Crippen LogP contribution in [0, 0.1) is 0 Å². The molecule has 0 saturated heterocycles. The Morgan fingerprint density at radius 1 is 1.14 bits per heavy atom. The van der Waals surface area contributed by atoms with Crippen molar-refractivity contribution in [1.82, 2.24) is 5.32 Å². The molecular formula is C12H25NO. The second kappa shape index (κ2) is 9.04. The van der Waals surface area contributed by atoms with Crippen molar-refractivity contribution in [2.75, 3.05) is 0 Å². The van der Waals surface area contributed by atoms with E-state index in [-0.39, 0.29) is 5.91 Å². The van der Waals surface area contributed by atoms with Gasteiger partial charge in [0.2, 0.25) is 5.91 Å². The largest absolute Gasteiger partial charge is 0.353 e. The third-order valence-corrected chi connectivity index (χ3v) is 2.49. The van der Waals surface area contributed by atoms with Gasteiger partial charge in [0, 0.05) is 12.5 Å². The average Bonchev–Trinajstić information content (AvgIpc) is 2.17. The van der Waals surface area contributed by atoms with Crippen LogP contribution in [-0.4, -0.2) is 11.9 Å². The molecule has 1 N–H and O–H groups in total. The monoisotopic (exact) mass is 199 g/mol. The summed E-state index contributed by atoms with van der Waals surface area (Å²) in [5, 5.41) is 3.09. The number of hydrogen-bond donors (Lipinski definition) is 1. The van der Waals surface area contributed by atoms with Crippen LogP contribution < -0.4 is 5.32 Å². The van der Waals surface area contributed by atoms with Crippen molar-refractivity contribution in [3.05, 3.63) is 0 Å². The van der Waals surface area contributed by atoms with Gasteiger partial charge in [-0.25, -0.2) is 0 Å². The van der Waals surface area contributed by atoms with E-state index in [1.807, 2.05) is 6.92 Å². The fourth-order valence-electron chi connectivity index (χ4n) is 1.55. The molecule has 1 atom stereocenters. The van der Waals surface area contributed by atoms with E-state index in [0.29, 0.717) is 12.5 Å². The summed E-state index contributed by atoms with van der Waals surface area (Å²) < 4.78 is 0. The lowest BCUT2D eigenvalue weighted by molar-refractivity contribution is -0.121. The summed E-state index contributed by atoms with van der Waals surface area (Å²) in [4.78, 5) is 11.3. The summed E-state index contributed by atoms with van der Waals surface area (Å²) in [7, 11) is 0. The molecule has 0 radical (unpaired) electrons. The van der Waals surface area contributed by atoms with Crippen molar-refractivity contribution in [1.29, 1.82) is 0 Å². The molecule has 2 heteroatoms. The van der Waals surface area contributed by atoms with Crippen LogP contribution >= 0.6 is 0 Å². The van der Waals surface area contributed by atoms with Gasteiger partial charge >= 0.3 is 0 Å². The van der Waals surface area contributed by atoms with Crippen molar-refractivity contribution in [3.63, 3.8) is 0 Å². The minimum absolute atomic E-state index is 0.218. The summed E-state index contributed by atoms with van der Waals surface area (Å²) in [6, 6.07) is 0.403. The lowest BCUT2D eigenvalue weighted by Crippen LogP contribution is -2.34. The Morgan fingerprint density at radius 2 is 1.86 bits per heavy atom. The van der Waals surface area contributed by atoms with Crippen LogP contribution in [0.25, 0.3) is 0 Å². The van der Waals surface area contributed by atoms with Gasteiger partial charge in [-0.15, -0.1) is 0 Å². The van der Waals surface area contributed by atoms with Crippen molar-refractivity contribution in [2.45, 2.75) is 71.8 Å². The van der Waals surface area contributed by atoms with Crippen LogP contribution in [0.2, 0.25) is 0 Å². The van der Waals surface area contributed by atoms with E-state index in [2.05, 4.69) is 19.2 Å². The van der Waals surface area contributed by atoms with Gasteiger partial charge in [0.15, 0.2) is 0 Å². The molecule has 0 aliphatic heterocycles. The summed E-state index contributed by atoms with van der Waals surface area (Å²) in [6.07, 6.45) is 7.57. The number of unbranched alkanes of at least 4 members (excludes halogenated alkanes) is 2. The van der Waals surface area contributed by atoms with Crippen LogP contribution in [0.15, 0.2) is 0 Å². The Kier molecular flexibility index (Phi) is 8.70. The number of carbonyl (C=O) groups is 1. The van der Waals surface area contributed by atoms with Crippen molar-refractivity contribution >= 4 is 5.91 Å². The molecule has 1 amide bonds. The van der Waals surface area contributed by atoms with Crippen LogP contribution in [-0.2, 0) is 4.79 Å². The predicted octanol–water partition coefficient (Wildman–Crippen LogP) is 3.26. The third-order valence-electron chi connectivity index (χ3n) is 2.49. The van der Waals surface area contributed by atoms with E-state index in [0.717, 1.165) is 19.3 Å². The summed E-state index contributed by atoms with van der Waals surface area (Å²) in [5.41, 5.74) is 0. The first-order valence-corrected chi connectivity index (χ1v) is 6.03. The number of carbonyl (C=O) groups excluding carboxylic acids is 1. The highest BCUT2D eigenvalue weighted by Crippen LogP contribution is 2.06. The second-order valence-electron chi connectivity index (χ2n) is 3.92. The standard InChI is InChI=1S/C12H25NO/c1-4-7-8-10-11(6-3)13-12(14)9-5-2/h11H,4-10H2,1-3H3,(H,13,14). The lowest BCUT2D eigenvalue weighted by atomic mass is 10.1. The molecule has 0 aromatic carbocycles. The van der Waals surface area contributed by atoms with Crippen molar-refractivity contribution in [3.8, 4) is 0 Å². The second-order valence-corrected chi connectivity index (χ2v) is 3.92. The molecule has 0 saturated carbocycles. The van der Waals surface area contributed by atoms with Crippen LogP contribution in [0.3, 0.4) is 0 Å². The van der Waals surface area contributed by atoms with E-state index in [1.165, 1.54) is 19.3 Å². The summed E-state index contributed by atoms with van der Waals surface area (Å²) in [6.45, 7) is 6.39. The quantitative estimate of drug-likeness (QED) is 0.597. The molecule has 14 heavy (non-hydrogen) atoms. The number of amides is 1. The van der Waals surface area contributed by atoms with Gasteiger partial charge in [-0.1, -0.05) is 40.0 Å². The molecule has 0 aliphatic carbocycles. The molecule has 0 spiro atoms. The van der Waals surface area contributed by atoms with Crippen LogP contribution in [0.5, 0.6) is 0 Å². The van der Waals surface area contributed by atoms with Gasteiger partial charge in [0.05, 0.1) is 0 Å². The molecule has 84 valence electrons. The molecule has 0 rings (SSSR count). The normalized spacial score (nSPS) is 12.5. The zero-order valence-corrected chi connectivity index (χ0v) is 9.94. The molecule has 0 aromatic heterocycles. The molecule has 0 aromatic rings. The highest BCUT2D eigenvalue weighted by Gasteiger charge is 2.08. The Hall–Kier alpha value is -0.530. The van der Waals surface area contributed by atoms with E-state index in [4.69, 9.17) is 0 Å². The van der Waals surface area contributed by atoms with Gasteiger partial charge in [-0.3, -0.25) is 4.79 Å². The maximum absolute atomic E-state index is 11.3. The maximum atomic E-state index is 11.3. The fourth-order valence-corrected chi connectivity index (χ4v) is 1.55. The molecule has 0 bridgehead atoms. The van der Waals surface area contributed by atoms with E-state index in [1.54, 1.807) is 0 Å². The number of nitrogens with one attached hydrogen (secondary N) is 1. The predicted molar refractivity (Wildman–Crippen MR) is 61.3 cm³/mol. The summed E-state index contributed by atoms with van der Waals surface area (Å²) >= 11 is 0. The highest BCUT2D eigenvalue weighted by molar-refractivity contribution is 5.76. The lowest BCUT2D eigenvalue weighted by Gasteiger charge is -2.16. The topological polar surface area (TPSA) is 29.1 Å². The Labute approximate surface area is 88.5 Å². The first kappa shape index (κ1) is 13.5. The molecule has 0 fully saturated rings. The Balaban J connectivity index is 3.61. The molecule has 1 unspecified atom stereocenters. The first-order valence-electron chi connectivity index (χ1n) is 6.03. The average molecular weight is 199 g/mol.